The number of amides is 1. The summed E-state index contributed by atoms with van der Waals surface area (Å²) in [5.74, 6) is 2.57. The average molecular weight is 359 g/mol. The molecule has 0 bridgehead atoms. The molecule has 2 aromatic rings. The summed E-state index contributed by atoms with van der Waals surface area (Å²) in [7, 11) is 0. The van der Waals surface area contributed by atoms with E-state index in [4.69, 9.17) is 9.47 Å². The predicted molar refractivity (Wildman–Crippen MR) is 101 cm³/mol. The fourth-order valence-electron chi connectivity index (χ4n) is 2.94. The van der Waals surface area contributed by atoms with Gasteiger partial charge in [-0.3, -0.25) is 4.79 Å². The Kier molecular flexibility index (Phi) is 5.33. The molecule has 25 heavy (non-hydrogen) atoms. The van der Waals surface area contributed by atoms with E-state index >= 15 is 0 Å². The Morgan fingerprint density at radius 1 is 1.04 bits per heavy atom. The Hall–Kier alpha value is -2.01. The number of fused-ring (bicyclic) bond motifs is 1. The molecule has 3 rings (SSSR count). The van der Waals surface area contributed by atoms with E-state index in [9.17, 15) is 4.79 Å². The molecule has 0 fully saturated rings. The highest BCUT2D eigenvalue weighted by Gasteiger charge is 2.21. The molecule has 5 heteroatoms. The molecular weight excluding hydrogens is 334 g/mol. The molecular formula is C20H25NO3S. The van der Waals surface area contributed by atoms with E-state index in [-0.39, 0.29) is 12.7 Å². The molecule has 1 aliphatic rings. The van der Waals surface area contributed by atoms with E-state index in [0.29, 0.717) is 11.8 Å². The third-order valence-electron chi connectivity index (χ3n) is 3.93. The Morgan fingerprint density at radius 2 is 1.72 bits per heavy atom. The molecule has 134 valence electrons. The topological polar surface area (TPSA) is 38.8 Å². The van der Waals surface area contributed by atoms with Crippen LogP contribution in [0.2, 0.25) is 0 Å². The molecule has 1 aliphatic heterocycles. The Balaban J connectivity index is 1.80. The van der Waals surface area contributed by atoms with Crippen LogP contribution < -0.4 is 9.47 Å². The van der Waals surface area contributed by atoms with Gasteiger partial charge in [0.05, 0.1) is 4.88 Å². The van der Waals surface area contributed by atoms with Gasteiger partial charge in [0.15, 0.2) is 11.5 Å². The van der Waals surface area contributed by atoms with Crippen LogP contribution in [-0.2, 0) is 0 Å². The van der Waals surface area contributed by atoms with Gasteiger partial charge in [0.2, 0.25) is 6.79 Å². The van der Waals surface area contributed by atoms with Gasteiger partial charge in [-0.2, -0.15) is 0 Å². The summed E-state index contributed by atoms with van der Waals surface area (Å²) in [4.78, 5) is 16.8. The van der Waals surface area contributed by atoms with E-state index < -0.39 is 0 Å². The number of hydrogen-bond donors (Lipinski definition) is 0. The summed E-state index contributed by atoms with van der Waals surface area (Å²) in [6, 6.07) is 9.84. The van der Waals surface area contributed by atoms with Crippen molar-refractivity contribution in [2.75, 3.05) is 19.9 Å². The molecule has 0 saturated heterocycles. The van der Waals surface area contributed by atoms with Crippen molar-refractivity contribution in [3.63, 3.8) is 0 Å². The molecule has 2 heterocycles. The van der Waals surface area contributed by atoms with Gasteiger partial charge in [-0.05, 0) is 47.7 Å². The van der Waals surface area contributed by atoms with Crippen LogP contribution in [0.4, 0.5) is 0 Å². The van der Waals surface area contributed by atoms with E-state index in [2.05, 4.69) is 27.7 Å². The predicted octanol–water partition coefficient (Wildman–Crippen LogP) is 4.90. The summed E-state index contributed by atoms with van der Waals surface area (Å²) in [5, 5.41) is 0. The summed E-state index contributed by atoms with van der Waals surface area (Å²) in [6.45, 7) is 10.4. The Labute approximate surface area is 153 Å². The van der Waals surface area contributed by atoms with Gasteiger partial charge in [-0.15, -0.1) is 11.3 Å². The molecule has 4 nitrogen and oxygen atoms in total. The molecule has 0 N–H and O–H groups in total. The van der Waals surface area contributed by atoms with Gasteiger partial charge in [0.25, 0.3) is 5.91 Å². The van der Waals surface area contributed by atoms with Crippen LogP contribution in [0.1, 0.15) is 37.4 Å². The molecule has 0 saturated carbocycles. The lowest BCUT2D eigenvalue weighted by molar-refractivity contribution is 0.0720. The van der Waals surface area contributed by atoms with Gasteiger partial charge >= 0.3 is 0 Å². The zero-order valence-electron chi connectivity index (χ0n) is 15.2. The van der Waals surface area contributed by atoms with Crippen LogP contribution in [0.5, 0.6) is 11.5 Å². The van der Waals surface area contributed by atoms with Crippen molar-refractivity contribution in [1.29, 1.82) is 0 Å². The van der Waals surface area contributed by atoms with Gasteiger partial charge in [0.1, 0.15) is 0 Å². The second kappa shape index (κ2) is 7.48. The minimum Gasteiger partial charge on any atom is -0.454 e. The summed E-state index contributed by atoms with van der Waals surface area (Å²) >= 11 is 1.53. The smallest absolute Gasteiger partial charge is 0.263 e. The van der Waals surface area contributed by atoms with Crippen LogP contribution in [-0.4, -0.2) is 30.7 Å². The highest BCUT2D eigenvalue weighted by Crippen LogP contribution is 2.38. The SMILES string of the molecule is CC(C)CN(CC(C)C)C(=O)c1ccc(-c2ccc3c(c2)OCO3)s1. The number of rotatable bonds is 6. The highest BCUT2D eigenvalue weighted by molar-refractivity contribution is 7.17. The number of nitrogens with zero attached hydrogens (tertiary/aromatic N) is 1. The molecule has 0 unspecified atom stereocenters. The zero-order chi connectivity index (χ0) is 18.0. The third kappa shape index (κ3) is 4.15. The molecule has 0 aliphatic carbocycles. The van der Waals surface area contributed by atoms with E-state index in [1.165, 1.54) is 11.3 Å². The van der Waals surface area contributed by atoms with Crippen LogP contribution in [0.3, 0.4) is 0 Å². The molecule has 1 amide bonds. The fourth-order valence-corrected chi connectivity index (χ4v) is 3.91. The van der Waals surface area contributed by atoms with E-state index in [0.717, 1.165) is 39.9 Å². The van der Waals surface area contributed by atoms with E-state index in [1.807, 2.05) is 35.2 Å². The van der Waals surface area contributed by atoms with Gasteiger partial charge in [-0.1, -0.05) is 27.7 Å². The number of benzene rings is 1. The van der Waals surface area contributed by atoms with Crippen LogP contribution in [0, 0.1) is 11.8 Å². The summed E-state index contributed by atoms with van der Waals surface area (Å²) in [6.07, 6.45) is 0. The number of hydrogen-bond acceptors (Lipinski definition) is 4. The van der Waals surface area contributed by atoms with Crippen molar-refractivity contribution in [2.24, 2.45) is 11.8 Å². The number of ether oxygens (including phenoxy) is 2. The maximum Gasteiger partial charge on any atom is 0.263 e. The maximum atomic E-state index is 12.9. The average Bonchev–Trinajstić information content (AvgIpc) is 3.21. The zero-order valence-corrected chi connectivity index (χ0v) is 16.1. The number of thiophene rings is 1. The van der Waals surface area contributed by atoms with E-state index in [1.54, 1.807) is 0 Å². The normalized spacial score (nSPS) is 12.9. The Morgan fingerprint density at radius 3 is 2.40 bits per heavy atom. The minimum atomic E-state index is 0.124. The molecule has 1 aromatic heterocycles. The lowest BCUT2D eigenvalue weighted by atomic mass is 10.1. The first kappa shape index (κ1) is 17.8. The second-order valence-electron chi connectivity index (χ2n) is 7.23. The number of carbonyl (C=O) groups is 1. The van der Waals surface area contributed by atoms with Crippen molar-refractivity contribution >= 4 is 17.2 Å². The van der Waals surface area contributed by atoms with Crippen LogP contribution in [0.15, 0.2) is 30.3 Å². The molecule has 0 spiro atoms. The maximum absolute atomic E-state index is 12.9. The van der Waals surface area contributed by atoms with Crippen molar-refractivity contribution in [2.45, 2.75) is 27.7 Å². The van der Waals surface area contributed by atoms with Gasteiger partial charge in [0, 0.05) is 18.0 Å². The molecule has 0 radical (unpaired) electrons. The van der Waals surface area contributed by atoms with Gasteiger partial charge in [-0.25, -0.2) is 0 Å². The molecule has 1 aromatic carbocycles. The second-order valence-corrected chi connectivity index (χ2v) is 8.31. The van der Waals surface area contributed by atoms with Crippen molar-refractivity contribution in [3.8, 4) is 21.9 Å². The van der Waals surface area contributed by atoms with Crippen LogP contribution in [0.25, 0.3) is 10.4 Å². The lowest BCUT2D eigenvalue weighted by Crippen LogP contribution is -2.36. The van der Waals surface area contributed by atoms with Gasteiger partial charge < -0.3 is 14.4 Å². The summed E-state index contributed by atoms with van der Waals surface area (Å²) in [5.41, 5.74) is 1.05. The monoisotopic (exact) mass is 359 g/mol. The third-order valence-corrected chi connectivity index (χ3v) is 5.05. The molecule has 0 atom stereocenters. The van der Waals surface area contributed by atoms with Crippen molar-refractivity contribution in [1.82, 2.24) is 4.90 Å². The van der Waals surface area contributed by atoms with Crippen LogP contribution >= 0.6 is 11.3 Å². The minimum absolute atomic E-state index is 0.124. The van der Waals surface area contributed by atoms with Crippen molar-refractivity contribution < 1.29 is 14.3 Å². The van der Waals surface area contributed by atoms with Crippen molar-refractivity contribution in [3.05, 3.63) is 35.2 Å². The number of carbonyl (C=O) groups excluding carboxylic acids is 1. The quantitative estimate of drug-likeness (QED) is 0.736. The Bertz CT molecular complexity index is 741. The first-order valence-corrected chi connectivity index (χ1v) is 9.55. The summed E-state index contributed by atoms with van der Waals surface area (Å²) < 4.78 is 10.8. The largest absolute Gasteiger partial charge is 0.454 e. The lowest BCUT2D eigenvalue weighted by Gasteiger charge is -2.25. The highest BCUT2D eigenvalue weighted by atomic mass is 32.1. The fraction of sp³-hybridized carbons (Fsp3) is 0.450. The first-order valence-electron chi connectivity index (χ1n) is 8.73. The standard InChI is InChI=1S/C20H25NO3S/c1-13(2)10-21(11-14(3)4)20(22)19-8-7-18(25-19)15-5-6-16-17(9-15)24-12-23-16/h5-9,13-14H,10-12H2,1-4H3. The first-order chi connectivity index (χ1) is 11.9.